The summed E-state index contributed by atoms with van der Waals surface area (Å²) in [4.78, 5) is 0. The zero-order valence-electron chi connectivity index (χ0n) is 28.8. The molecule has 0 saturated heterocycles. The molecule has 8 aromatic carbocycles. The smallest absolute Gasteiger partial charge is 0.104 e. The maximum absolute atomic E-state index is 3.94. The van der Waals surface area contributed by atoms with Gasteiger partial charge in [0.15, 0.2) is 0 Å². The van der Waals surface area contributed by atoms with E-state index in [-0.39, 0.29) is 12.2 Å². The fourth-order valence-corrected chi connectivity index (χ4v) is 8.03. The summed E-state index contributed by atoms with van der Waals surface area (Å²) in [6.07, 6.45) is 2.30. The average molecular weight is 658 g/mol. The molecule has 246 valence electrons. The third kappa shape index (κ3) is 5.17. The van der Waals surface area contributed by atoms with Crippen molar-refractivity contribution in [2.45, 2.75) is 26.1 Å². The molecule has 0 amide bonds. The fourth-order valence-electron chi connectivity index (χ4n) is 8.03. The number of benzene rings is 8. The van der Waals surface area contributed by atoms with Crippen molar-refractivity contribution in [3.05, 3.63) is 193 Å². The van der Waals surface area contributed by atoms with E-state index in [1.54, 1.807) is 0 Å². The molecular formula is C48H39N3. The molecule has 2 unspecified atom stereocenters. The molecule has 2 heterocycles. The molecule has 1 aromatic heterocycles. The predicted molar refractivity (Wildman–Crippen MR) is 217 cm³/mol. The van der Waals surface area contributed by atoms with Crippen molar-refractivity contribution in [2.24, 2.45) is 0 Å². The van der Waals surface area contributed by atoms with Gasteiger partial charge in [-0.1, -0.05) is 166 Å². The number of hydrogen-bond donors (Lipinski definition) is 2. The minimum Gasteiger partial charge on any atom is -0.366 e. The molecule has 9 aromatic rings. The van der Waals surface area contributed by atoms with E-state index in [2.05, 4.69) is 191 Å². The highest BCUT2D eigenvalue weighted by atomic mass is 15.2. The Kier molecular flexibility index (Phi) is 7.83. The lowest BCUT2D eigenvalue weighted by Gasteiger charge is -2.33. The van der Waals surface area contributed by atoms with Crippen LogP contribution in [0.4, 0.5) is 0 Å². The molecular weight excluding hydrogens is 619 g/mol. The molecule has 0 bridgehead atoms. The number of rotatable bonds is 4. The number of aromatic nitrogens is 1. The second kappa shape index (κ2) is 12.9. The van der Waals surface area contributed by atoms with Crippen LogP contribution in [-0.2, 0) is 0 Å². The van der Waals surface area contributed by atoms with Gasteiger partial charge in [-0.25, -0.2) is 0 Å². The van der Waals surface area contributed by atoms with Crippen LogP contribution in [0.2, 0.25) is 0 Å². The predicted octanol–water partition coefficient (Wildman–Crippen LogP) is 12.2. The Morgan fingerprint density at radius 1 is 0.471 bits per heavy atom. The van der Waals surface area contributed by atoms with E-state index in [1.165, 1.54) is 76.5 Å². The van der Waals surface area contributed by atoms with Gasteiger partial charge in [0.1, 0.15) is 6.17 Å². The quantitative estimate of drug-likeness (QED) is 0.197. The molecule has 3 nitrogen and oxygen atoms in total. The van der Waals surface area contributed by atoms with Crippen LogP contribution in [0.5, 0.6) is 0 Å². The molecule has 0 fully saturated rings. The maximum Gasteiger partial charge on any atom is 0.104 e. The van der Waals surface area contributed by atoms with E-state index < -0.39 is 0 Å². The Morgan fingerprint density at radius 3 is 1.69 bits per heavy atom. The monoisotopic (exact) mass is 657 g/mol. The Hall–Kier alpha value is -6.16. The van der Waals surface area contributed by atoms with E-state index in [4.69, 9.17) is 0 Å². The number of nitrogens with one attached hydrogen (secondary N) is 2. The SMILES string of the molecule is C1=C(c2ccccc2)NC(c2ccccc2)NC1c1cccc2c(-n3c4ccc5ccccc5c4c4c5ccccc5ccc43)cccc12.CC. The number of fused-ring (bicyclic) bond motifs is 8. The Bertz CT molecular complexity index is 2630. The van der Waals surface area contributed by atoms with Crippen molar-refractivity contribution in [3.8, 4) is 5.69 Å². The zero-order valence-corrected chi connectivity index (χ0v) is 28.8. The second-order valence-electron chi connectivity index (χ2n) is 13.0. The summed E-state index contributed by atoms with van der Waals surface area (Å²) in [6.45, 7) is 4.00. The van der Waals surface area contributed by atoms with Gasteiger partial charge in [-0.2, -0.15) is 0 Å². The summed E-state index contributed by atoms with van der Waals surface area (Å²) in [5, 5.41) is 17.9. The van der Waals surface area contributed by atoms with Crippen molar-refractivity contribution in [2.75, 3.05) is 0 Å². The number of nitrogens with zero attached hydrogens (tertiary/aromatic N) is 1. The van der Waals surface area contributed by atoms with Crippen LogP contribution < -0.4 is 10.6 Å². The average Bonchev–Trinajstić information content (AvgIpc) is 3.57. The maximum atomic E-state index is 3.94. The fraction of sp³-hybridized carbons (Fsp3) is 0.0833. The van der Waals surface area contributed by atoms with Crippen LogP contribution in [0.1, 0.15) is 42.7 Å². The van der Waals surface area contributed by atoms with Crippen LogP contribution in [0.15, 0.2) is 176 Å². The van der Waals surface area contributed by atoms with Gasteiger partial charge in [-0.05, 0) is 67.9 Å². The summed E-state index contributed by atoms with van der Waals surface area (Å²) in [5.74, 6) is 0. The second-order valence-corrected chi connectivity index (χ2v) is 13.0. The lowest BCUT2D eigenvalue weighted by molar-refractivity contribution is 0.444. The molecule has 0 radical (unpaired) electrons. The zero-order chi connectivity index (χ0) is 34.3. The highest BCUT2D eigenvalue weighted by molar-refractivity contribution is 6.28. The molecule has 3 heteroatoms. The van der Waals surface area contributed by atoms with E-state index in [0.29, 0.717) is 0 Å². The van der Waals surface area contributed by atoms with E-state index in [0.717, 1.165) is 5.70 Å². The normalized spacial score (nSPS) is 15.8. The van der Waals surface area contributed by atoms with Crippen molar-refractivity contribution >= 4 is 59.8 Å². The molecule has 1 aliphatic heterocycles. The first-order valence-electron chi connectivity index (χ1n) is 18.0. The Morgan fingerprint density at radius 2 is 1.02 bits per heavy atom. The molecule has 0 aliphatic carbocycles. The largest absolute Gasteiger partial charge is 0.366 e. The van der Waals surface area contributed by atoms with E-state index in [9.17, 15) is 0 Å². The van der Waals surface area contributed by atoms with E-state index in [1.807, 2.05) is 13.8 Å². The summed E-state index contributed by atoms with van der Waals surface area (Å²) in [7, 11) is 0. The van der Waals surface area contributed by atoms with Gasteiger partial charge in [-0.3, -0.25) is 5.32 Å². The van der Waals surface area contributed by atoms with Gasteiger partial charge in [0.05, 0.1) is 22.8 Å². The first-order chi connectivity index (χ1) is 25.3. The van der Waals surface area contributed by atoms with Gasteiger partial charge in [0.25, 0.3) is 0 Å². The van der Waals surface area contributed by atoms with E-state index >= 15 is 0 Å². The van der Waals surface area contributed by atoms with Crippen molar-refractivity contribution < 1.29 is 0 Å². The summed E-state index contributed by atoms with van der Waals surface area (Å²) >= 11 is 0. The minimum atomic E-state index is -0.0382. The van der Waals surface area contributed by atoms with Gasteiger partial charge < -0.3 is 9.88 Å². The van der Waals surface area contributed by atoms with Gasteiger partial charge >= 0.3 is 0 Å². The lowest BCUT2D eigenvalue weighted by Crippen LogP contribution is -2.39. The van der Waals surface area contributed by atoms with Crippen LogP contribution in [-0.4, -0.2) is 4.57 Å². The van der Waals surface area contributed by atoms with Gasteiger partial charge in [0, 0.05) is 21.9 Å². The van der Waals surface area contributed by atoms with Crippen LogP contribution in [0, 0.1) is 0 Å². The highest BCUT2D eigenvalue weighted by Crippen LogP contribution is 2.42. The standard InChI is InChI=1S/C46H33N3.C2H6/c1-3-15-32(16-4-1)39-29-40(48-46(47-39)33-17-5-2-6-18-33)37-22-11-23-38-36(37)21-12-24-41(38)49-42-27-25-30-13-7-9-19-34(30)44(42)45-35-20-10-8-14-31(35)26-28-43(45)49;1-2/h1-29,40,46-48H;1-2H3. The third-order valence-corrected chi connectivity index (χ3v) is 10.3. The number of hydrogen-bond acceptors (Lipinski definition) is 2. The third-order valence-electron chi connectivity index (χ3n) is 10.3. The van der Waals surface area contributed by atoms with Gasteiger partial charge in [-0.15, -0.1) is 0 Å². The summed E-state index contributed by atoms with van der Waals surface area (Å²) < 4.78 is 2.49. The molecule has 0 saturated carbocycles. The summed E-state index contributed by atoms with van der Waals surface area (Å²) in [5.41, 5.74) is 8.40. The van der Waals surface area contributed by atoms with Crippen molar-refractivity contribution in [3.63, 3.8) is 0 Å². The summed E-state index contributed by atoms with van der Waals surface area (Å²) in [6, 6.07) is 61.6. The van der Waals surface area contributed by atoms with Crippen LogP contribution in [0.3, 0.4) is 0 Å². The lowest BCUT2D eigenvalue weighted by atomic mass is 9.94. The minimum absolute atomic E-state index is 0.00773. The van der Waals surface area contributed by atoms with Crippen molar-refractivity contribution in [1.29, 1.82) is 0 Å². The van der Waals surface area contributed by atoms with Crippen LogP contribution >= 0.6 is 0 Å². The van der Waals surface area contributed by atoms with Crippen molar-refractivity contribution in [1.82, 2.24) is 15.2 Å². The first-order valence-corrected chi connectivity index (χ1v) is 18.0. The molecule has 2 N–H and O–H groups in total. The Labute approximate surface area is 298 Å². The molecule has 51 heavy (non-hydrogen) atoms. The molecule has 0 spiro atoms. The topological polar surface area (TPSA) is 29.0 Å². The van der Waals surface area contributed by atoms with Crippen LogP contribution in [0.25, 0.3) is 65.5 Å². The molecule has 10 rings (SSSR count). The molecule has 2 atom stereocenters. The highest BCUT2D eigenvalue weighted by Gasteiger charge is 2.26. The Balaban J connectivity index is 0.00000171. The van der Waals surface area contributed by atoms with Gasteiger partial charge in [0.2, 0.25) is 0 Å². The molecule has 1 aliphatic rings. The first kappa shape index (κ1) is 30.9.